The van der Waals surface area contributed by atoms with Gasteiger partial charge in [-0.1, -0.05) is 25.6 Å². The van der Waals surface area contributed by atoms with Crippen molar-refractivity contribution in [3.05, 3.63) is 0 Å². The van der Waals surface area contributed by atoms with Gasteiger partial charge in [0.05, 0.1) is 0 Å². The molecule has 1 atom stereocenters. The Hall–Kier alpha value is -0.220. The van der Waals surface area contributed by atoms with E-state index in [-0.39, 0.29) is 0 Å². The fourth-order valence-electron chi connectivity index (χ4n) is 1.54. The van der Waals surface area contributed by atoms with Gasteiger partial charge in [0.15, 0.2) is 5.17 Å². The Morgan fingerprint density at radius 2 is 2.40 bits per heavy atom. The maximum Gasteiger partial charge on any atom is 0.156 e. The van der Waals surface area contributed by atoms with Crippen LogP contribution in [0.3, 0.4) is 0 Å². The quantitative estimate of drug-likeness (QED) is 0.735. The number of hydrogen-bond acceptors (Lipinski definition) is 3. The molecule has 1 rings (SSSR count). The van der Waals surface area contributed by atoms with Crippen molar-refractivity contribution in [1.29, 1.82) is 0 Å². The average Bonchev–Trinajstić information content (AvgIpc) is 2.25. The van der Waals surface area contributed by atoms with E-state index in [1.165, 1.54) is 12.2 Å². The molecule has 0 aromatic heterocycles. The third kappa shape index (κ3) is 4.89. The molecule has 0 aromatic carbocycles. The fourth-order valence-corrected chi connectivity index (χ4v) is 2.52. The van der Waals surface area contributed by atoms with Crippen LogP contribution in [-0.2, 0) is 4.74 Å². The number of amidine groups is 1. The zero-order valence-corrected chi connectivity index (χ0v) is 10.8. The van der Waals surface area contributed by atoms with Crippen LogP contribution in [0.25, 0.3) is 0 Å². The molecule has 0 spiro atoms. The van der Waals surface area contributed by atoms with Crippen molar-refractivity contribution in [2.75, 3.05) is 26.0 Å². The Morgan fingerprint density at radius 3 is 3.07 bits per heavy atom. The minimum atomic E-state index is 0.604. The van der Waals surface area contributed by atoms with Crippen LogP contribution < -0.4 is 5.32 Å². The second-order valence-corrected chi connectivity index (χ2v) is 5.25. The van der Waals surface area contributed by atoms with Gasteiger partial charge >= 0.3 is 0 Å². The molecule has 1 fully saturated rings. The van der Waals surface area contributed by atoms with Crippen molar-refractivity contribution >= 4 is 16.9 Å². The van der Waals surface area contributed by atoms with Gasteiger partial charge in [-0.2, -0.15) is 0 Å². The van der Waals surface area contributed by atoms with Gasteiger partial charge in [0.1, 0.15) is 0 Å². The Bertz CT molecular complexity index is 207. The first-order chi connectivity index (χ1) is 7.24. The largest absolute Gasteiger partial charge is 0.385 e. The molecule has 3 nitrogen and oxygen atoms in total. The van der Waals surface area contributed by atoms with Gasteiger partial charge in [-0.3, -0.25) is 4.99 Å². The van der Waals surface area contributed by atoms with Crippen LogP contribution in [0.5, 0.6) is 0 Å². The Morgan fingerprint density at radius 1 is 1.60 bits per heavy atom. The predicted octanol–water partition coefficient (Wildman–Crippen LogP) is 2.13. The van der Waals surface area contributed by atoms with E-state index in [4.69, 9.17) is 4.74 Å². The smallest absolute Gasteiger partial charge is 0.156 e. The molecule has 1 aliphatic rings. The van der Waals surface area contributed by atoms with Crippen LogP contribution in [0.1, 0.15) is 26.7 Å². The zero-order valence-electron chi connectivity index (χ0n) is 9.95. The zero-order chi connectivity index (χ0) is 11.1. The van der Waals surface area contributed by atoms with Gasteiger partial charge < -0.3 is 10.1 Å². The standard InChI is InChI=1S/C11H22N2OS/c1-9(2)10-5-8-15-11(13-10)12-6-4-7-14-3/h9-10H,4-8H2,1-3H3,(H,12,13). The molecule has 0 aliphatic carbocycles. The average molecular weight is 230 g/mol. The molecule has 0 aromatic rings. The molecule has 1 heterocycles. The van der Waals surface area contributed by atoms with Gasteiger partial charge in [0, 0.05) is 32.1 Å². The molecular weight excluding hydrogens is 208 g/mol. The lowest BCUT2D eigenvalue weighted by molar-refractivity contribution is 0.197. The summed E-state index contributed by atoms with van der Waals surface area (Å²) in [7, 11) is 1.73. The van der Waals surface area contributed by atoms with E-state index in [9.17, 15) is 0 Å². The van der Waals surface area contributed by atoms with E-state index in [0.717, 1.165) is 24.7 Å². The highest BCUT2D eigenvalue weighted by Crippen LogP contribution is 2.18. The van der Waals surface area contributed by atoms with Crippen LogP contribution >= 0.6 is 11.8 Å². The Balaban J connectivity index is 2.28. The Kier molecular flexibility index (Phi) is 6.10. The second-order valence-electron chi connectivity index (χ2n) is 4.17. The fraction of sp³-hybridized carbons (Fsp3) is 0.909. The summed E-state index contributed by atoms with van der Waals surface area (Å²) in [5.74, 6) is 1.88. The third-order valence-corrected chi connectivity index (χ3v) is 3.50. The predicted molar refractivity (Wildman–Crippen MR) is 67.6 cm³/mol. The first-order valence-electron chi connectivity index (χ1n) is 5.66. The van der Waals surface area contributed by atoms with Crippen LogP contribution in [0.4, 0.5) is 0 Å². The van der Waals surface area contributed by atoms with Crippen molar-refractivity contribution in [3.63, 3.8) is 0 Å². The highest BCUT2D eigenvalue weighted by atomic mass is 32.2. The van der Waals surface area contributed by atoms with E-state index in [0.29, 0.717) is 12.0 Å². The molecule has 0 bridgehead atoms. The van der Waals surface area contributed by atoms with Crippen molar-refractivity contribution in [2.24, 2.45) is 10.9 Å². The second kappa shape index (κ2) is 7.12. The lowest BCUT2D eigenvalue weighted by Crippen LogP contribution is -2.41. The van der Waals surface area contributed by atoms with Crippen LogP contribution in [0, 0.1) is 5.92 Å². The van der Waals surface area contributed by atoms with Crippen molar-refractivity contribution < 1.29 is 4.74 Å². The molecule has 1 N–H and O–H groups in total. The number of rotatable bonds is 5. The Labute approximate surface area is 97.1 Å². The van der Waals surface area contributed by atoms with Crippen LogP contribution in [0.2, 0.25) is 0 Å². The van der Waals surface area contributed by atoms with Crippen molar-refractivity contribution in [3.8, 4) is 0 Å². The van der Waals surface area contributed by atoms with E-state index in [2.05, 4.69) is 24.2 Å². The highest BCUT2D eigenvalue weighted by Gasteiger charge is 2.19. The minimum Gasteiger partial charge on any atom is -0.385 e. The van der Waals surface area contributed by atoms with E-state index >= 15 is 0 Å². The lowest BCUT2D eigenvalue weighted by Gasteiger charge is -2.28. The SMILES string of the molecule is COCCCN=C1NC(C(C)C)CCS1. The number of thioether (sulfide) groups is 1. The van der Waals surface area contributed by atoms with Crippen LogP contribution in [-0.4, -0.2) is 37.2 Å². The van der Waals surface area contributed by atoms with Crippen molar-refractivity contribution in [2.45, 2.75) is 32.7 Å². The first-order valence-corrected chi connectivity index (χ1v) is 6.65. The number of ether oxygens (including phenoxy) is 1. The molecular formula is C11H22N2OS. The number of aliphatic imine (C=N–C) groups is 1. The first kappa shape index (κ1) is 12.8. The topological polar surface area (TPSA) is 33.6 Å². The van der Waals surface area contributed by atoms with E-state index < -0.39 is 0 Å². The maximum absolute atomic E-state index is 4.99. The highest BCUT2D eigenvalue weighted by molar-refractivity contribution is 8.13. The summed E-state index contributed by atoms with van der Waals surface area (Å²) in [5.41, 5.74) is 0. The van der Waals surface area contributed by atoms with Gasteiger partial charge in [-0.05, 0) is 18.8 Å². The van der Waals surface area contributed by atoms with Crippen molar-refractivity contribution in [1.82, 2.24) is 5.32 Å². The number of nitrogens with zero attached hydrogens (tertiary/aromatic N) is 1. The summed E-state index contributed by atoms with van der Waals surface area (Å²) in [6, 6.07) is 0.604. The molecule has 0 saturated carbocycles. The van der Waals surface area contributed by atoms with Gasteiger partial charge in [0.2, 0.25) is 0 Å². The molecule has 88 valence electrons. The van der Waals surface area contributed by atoms with Gasteiger partial charge in [-0.15, -0.1) is 0 Å². The molecule has 0 radical (unpaired) electrons. The molecule has 1 unspecified atom stereocenters. The third-order valence-electron chi connectivity index (χ3n) is 2.54. The summed E-state index contributed by atoms with van der Waals surface area (Å²) >= 11 is 1.84. The summed E-state index contributed by atoms with van der Waals surface area (Å²) in [5, 5.41) is 4.62. The number of methoxy groups -OCH3 is 1. The minimum absolute atomic E-state index is 0.604. The molecule has 1 saturated heterocycles. The maximum atomic E-state index is 4.99. The van der Waals surface area contributed by atoms with E-state index in [1.54, 1.807) is 7.11 Å². The summed E-state index contributed by atoms with van der Waals surface area (Å²) in [6.07, 6.45) is 2.26. The lowest BCUT2D eigenvalue weighted by atomic mass is 10.0. The normalized spacial score (nSPS) is 24.5. The molecule has 15 heavy (non-hydrogen) atoms. The number of nitrogens with one attached hydrogen (secondary N) is 1. The van der Waals surface area contributed by atoms with Gasteiger partial charge in [-0.25, -0.2) is 0 Å². The summed E-state index contributed by atoms with van der Waals surface area (Å²) in [6.45, 7) is 6.19. The van der Waals surface area contributed by atoms with Gasteiger partial charge in [0.25, 0.3) is 0 Å². The molecule has 0 amide bonds. The monoisotopic (exact) mass is 230 g/mol. The van der Waals surface area contributed by atoms with E-state index in [1.807, 2.05) is 11.8 Å². The summed E-state index contributed by atoms with van der Waals surface area (Å²) in [4.78, 5) is 4.54. The van der Waals surface area contributed by atoms with Crippen LogP contribution in [0.15, 0.2) is 4.99 Å². The summed E-state index contributed by atoms with van der Waals surface area (Å²) < 4.78 is 4.99. The number of hydrogen-bond donors (Lipinski definition) is 1. The molecule has 4 heteroatoms. The molecule has 1 aliphatic heterocycles.